The summed E-state index contributed by atoms with van der Waals surface area (Å²) in [6.07, 6.45) is 0. The largest absolute Gasteiger partial charge is 0.508 e. The molecule has 0 bridgehead atoms. The van der Waals surface area contributed by atoms with Crippen LogP contribution < -0.4 is 5.32 Å². The first kappa shape index (κ1) is 11.1. The normalized spacial score (nSPS) is 13.2. The van der Waals surface area contributed by atoms with Crippen LogP contribution in [0.2, 0.25) is 0 Å². The van der Waals surface area contributed by atoms with Gasteiger partial charge in [-0.15, -0.1) is 0 Å². The first-order chi connectivity index (χ1) is 6.50. The lowest BCUT2D eigenvalue weighted by Crippen LogP contribution is -2.26. The number of benzene rings is 1. The van der Waals surface area contributed by atoms with Crippen molar-refractivity contribution in [2.75, 3.05) is 0 Å². The summed E-state index contributed by atoms with van der Waals surface area (Å²) < 4.78 is 0. The lowest BCUT2D eigenvalue weighted by molar-refractivity contribution is 0.441. The highest BCUT2D eigenvalue weighted by Gasteiger charge is 2.10. The number of nitrogens with one attached hydrogen (secondary N) is 1. The van der Waals surface area contributed by atoms with Crippen LogP contribution in [0.1, 0.15) is 37.9 Å². The smallest absolute Gasteiger partial charge is 0.120 e. The zero-order valence-electron chi connectivity index (χ0n) is 9.33. The molecule has 0 saturated heterocycles. The molecule has 0 aliphatic heterocycles. The second-order valence-corrected chi connectivity index (χ2v) is 4.11. The van der Waals surface area contributed by atoms with E-state index in [2.05, 4.69) is 26.1 Å². The van der Waals surface area contributed by atoms with Crippen molar-refractivity contribution in [3.05, 3.63) is 29.3 Å². The van der Waals surface area contributed by atoms with E-state index in [0.29, 0.717) is 11.8 Å². The monoisotopic (exact) mass is 193 g/mol. The van der Waals surface area contributed by atoms with E-state index in [4.69, 9.17) is 0 Å². The molecule has 78 valence electrons. The molecule has 0 amide bonds. The van der Waals surface area contributed by atoms with E-state index < -0.39 is 0 Å². The third kappa shape index (κ3) is 2.74. The maximum absolute atomic E-state index is 9.73. The first-order valence-electron chi connectivity index (χ1n) is 5.06. The van der Waals surface area contributed by atoms with Gasteiger partial charge < -0.3 is 10.4 Å². The second-order valence-electron chi connectivity index (χ2n) is 4.11. The molecular formula is C12H19NO. The highest BCUT2D eigenvalue weighted by molar-refractivity contribution is 5.37. The molecule has 2 heteroatoms. The van der Waals surface area contributed by atoms with Crippen LogP contribution in [0.5, 0.6) is 5.75 Å². The fourth-order valence-corrected chi connectivity index (χ4v) is 1.61. The molecule has 0 aromatic heterocycles. The van der Waals surface area contributed by atoms with Crippen LogP contribution in [0, 0.1) is 6.92 Å². The third-order valence-corrected chi connectivity index (χ3v) is 2.24. The highest BCUT2D eigenvalue weighted by atomic mass is 16.3. The van der Waals surface area contributed by atoms with Crippen LogP contribution in [-0.4, -0.2) is 11.1 Å². The summed E-state index contributed by atoms with van der Waals surface area (Å²) in [5.41, 5.74) is 2.05. The van der Waals surface area contributed by atoms with Crippen molar-refractivity contribution in [1.29, 1.82) is 0 Å². The van der Waals surface area contributed by atoms with Crippen LogP contribution >= 0.6 is 0 Å². The average Bonchev–Trinajstić information content (AvgIpc) is 2.01. The van der Waals surface area contributed by atoms with Gasteiger partial charge in [0, 0.05) is 17.6 Å². The summed E-state index contributed by atoms with van der Waals surface area (Å²) in [4.78, 5) is 0. The minimum atomic E-state index is 0.190. The molecule has 2 N–H and O–H groups in total. The van der Waals surface area contributed by atoms with Gasteiger partial charge in [-0.1, -0.05) is 26.0 Å². The summed E-state index contributed by atoms with van der Waals surface area (Å²) in [7, 11) is 0. The van der Waals surface area contributed by atoms with Gasteiger partial charge in [0.05, 0.1) is 0 Å². The molecule has 0 heterocycles. The summed E-state index contributed by atoms with van der Waals surface area (Å²) >= 11 is 0. The molecule has 1 aromatic rings. The van der Waals surface area contributed by atoms with Gasteiger partial charge in [0.2, 0.25) is 0 Å². The third-order valence-electron chi connectivity index (χ3n) is 2.24. The molecule has 0 fully saturated rings. The second kappa shape index (κ2) is 4.47. The molecule has 0 aliphatic rings. The van der Waals surface area contributed by atoms with Crippen LogP contribution in [-0.2, 0) is 0 Å². The Balaban J connectivity index is 2.84. The Morgan fingerprint density at radius 2 is 1.86 bits per heavy atom. The fourth-order valence-electron chi connectivity index (χ4n) is 1.61. The molecule has 2 nitrogen and oxygen atoms in total. The van der Waals surface area contributed by atoms with Crippen molar-refractivity contribution in [3.8, 4) is 5.75 Å². The number of aryl methyl sites for hydroxylation is 1. The van der Waals surface area contributed by atoms with Gasteiger partial charge >= 0.3 is 0 Å². The van der Waals surface area contributed by atoms with Gasteiger partial charge in [0.15, 0.2) is 0 Å². The van der Waals surface area contributed by atoms with E-state index in [0.717, 1.165) is 11.1 Å². The zero-order chi connectivity index (χ0) is 10.7. The Morgan fingerprint density at radius 1 is 1.21 bits per heavy atom. The summed E-state index contributed by atoms with van der Waals surface area (Å²) in [6, 6.07) is 6.41. The number of phenolic OH excluding ortho intramolecular Hbond substituents is 1. The zero-order valence-corrected chi connectivity index (χ0v) is 9.33. The Kier molecular flexibility index (Phi) is 3.53. The van der Waals surface area contributed by atoms with Gasteiger partial charge in [-0.25, -0.2) is 0 Å². The van der Waals surface area contributed by atoms with Crippen molar-refractivity contribution in [3.63, 3.8) is 0 Å². The Bertz CT molecular complexity index is 307. The van der Waals surface area contributed by atoms with Gasteiger partial charge in [-0.2, -0.15) is 0 Å². The van der Waals surface area contributed by atoms with E-state index in [1.54, 1.807) is 6.07 Å². The molecule has 14 heavy (non-hydrogen) atoms. The summed E-state index contributed by atoms with van der Waals surface area (Å²) in [6.45, 7) is 8.23. The molecule has 1 atom stereocenters. The molecule has 1 aromatic carbocycles. The van der Waals surface area contributed by atoms with Crippen LogP contribution in [0.25, 0.3) is 0 Å². The lowest BCUT2D eigenvalue weighted by atomic mass is 10.0. The minimum Gasteiger partial charge on any atom is -0.508 e. The fraction of sp³-hybridized carbons (Fsp3) is 0.500. The number of aromatic hydroxyl groups is 1. The number of rotatable bonds is 3. The molecular weight excluding hydrogens is 174 g/mol. The minimum absolute atomic E-state index is 0.190. The SMILES string of the molecule is Cc1ccc(C(C)NC(C)C)c(O)c1. The van der Waals surface area contributed by atoms with Gasteiger partial charge in [0.1, 0.15) is 5.75 Å². The van der Waals surface area contributed by atoms with Crippen molar-refractivity contribution in [2.24, 2.45) is 0 Å². The van der Waals surface area contributed by atoms with Crippen LogP contribution in [0.4, 0.5) is 0 Å². The van der Waals surface area contributed by atoms with Crippen molar-refractivity contribution < 1.29 is 5.11 Å². The van der Waals surface area contributed by atoms with Crippen molar-refractivity contribution in [1.82, 2.24) is 5.32 Å². The van der Waals surface area contributed by atoms with Crippen molar-refractivity contribution in [2.45, 2.75) is 39.8 Å². The maximum atomic E-state index is 9.73. The highest BCUT2D eigenvalue weighted by Crippen LogP contribution is 2.24. The number of hydrogen-bond donors (Lipinski definition) is 2. The molecule has 0 aliphatic carbocycles. The van der Waals surface area contributed by atoms with Crippen LogP contribution in [0.15, 0.2) is 18.2 Å². The number of phenols is 1. The van der Waals surface area contributed by atoms with E-state index in [1.165, 1.54) is 0 Å². The van der Waals surface area contributed by atoms with E-state index in [9.17, 15) is 5.11 Å². The molecule has 0 radical (unpaired) electrons. The van der Waals surface area contributed by atoms with Gasteiger partial charge in [-0.05, 0) is 25.5 Å². The maximum Gasteiger partial charge on any atom is 0.120 e. The number of hydrogen-bond acceptors (Lipinski definition) is 2. The molecule has 0 saturated carbocycles. The summed E-state index contributed by atoms with van der Waals surface area (Å²) in [5.74, 6) is 0.380. The standard InChI is InChI=1S/C12H19NO/c1-8(2)13-10(4)11-6-5-9(3)7-12(11)14/h5-8,10,13-14H,1-4H3. The van der Waals surface area contributed by atoms with Gasteiger partial charge in [0.25, 0.3) is 0 Å². The van der Waals surface area contributed by atoms with Crippen molar-refractivity contribution >= 4 is 0 Å². The Labute approximate surface area is 86.0 Å². The van der Waals surface area contributed by atoms with E-state index in [-0.39, 0.29) is 6.04 Å². The van der Waals surface area contributed by atoms with E-state index >= 15 is 0 Å². The molecule has 1 rings (SSSR count). The van der Waals surface area contributed by atoms with Crippen LogP contribution in [0.3, 0.4) is 0 Å². The average molecular weight is 193 g/mol. The first-order valence-corrected chi connectivity index (χ1v) is 5.06. The molecule has 1 unspecified atom stereocenters. The lowest BCUT2D eigenvalue weighted by Gasteiger charge is -2.18. The Hall–Kier alpha value is -1.02. The predicted molar refractivity (Wildman–Crippen MR) is 59.5 cm³/mol. The van der Waals surface area contributed by atoms with E-state index in [1.807, 2.05) is 19.1 Å². The van der Waals surface area contributed by atoms with Gasteiger partial charge in [-0.3, -0.25) is 0 Å². The predicted octanol–water partition coefficient (Wildman–Crippen LogP) is 2.76. The summed E-state index contributed by atoms with van der Waals surface area (Å²) in [5, 5.41) is 13.1. The topological polar surface area (TPSA) is 32.3 Å². The molecule has 0 spiro atoms. The Morgan fingerprint density at radius 3 is 2.36 bits per heavy atom. The quantitative estimate of drug-likeness (QED) is 0.773.